The Morgan fingerprint density at radius 1 is 1.71 bits per heavy atom. The van der Waals surface area contributed by atoms with Crippen molar-refractivity contribution in [2.24, 2.45) is 7.05 Å². The lowest BCUT2D eigenvalue weighted by Gasteiger charge is -2.26. The molecule has 1 N–H and O–H groups in total. The van der Waals surface area contributed by atoms with Crippen LogP contribution in [0.1, 0.15) is 18.5 Å². The van der Waals surface area contributed by atoms with Gasteiger partial charge in [0.25, 0.3) is 0 Å². The highest BCUT2D eigenvalue weighted by molar-refractivity contribution is 5.69. The van der Waals surface area contributed by atoms with Crippen LogP contribution in [0.15, 0.2) is 12.4 Å². The summed E-state index contributed by atoms with van der Waals surface area (Å²) in [6.45, 7) is 3.06. The van der Waals surface area contributed by atoms with E-state index in [0.29, 0.717) is 13.2 Å². The lowest BCUT2D eigenvalue weighted by Crippen LogP contribution is -2.34. The summed E-state index contributed by atoms with van der Waals surface area (Å²) in [6.07, 6.45) is 3.65. The number of carbonyl (C=O) groups is 1. The van der Waals surface area contributed by atoms with E-state index >= 15 is 0 Å². The fourth-order valence-electron chi connectivity index (χ4n) is 1.66. The van der Waals surface area contributed by atoms with Crippen LogP contribution in [0.5, 0.6) is 0 Å². The van der Waals surface area contributed by atoms with E-state index in [0.717, 1.165) is 5.56 Å². The third-order valence-corrected chi connectivity index (χ3v) is 2.68. The molecule has 1 rings (SSSR count). The minimum atomic E-state index is -0.836. The van der Waals surface area contributed by atoms with Gasteiger partial charge in [0, 0.05) is 38.5 Å². The van der Waals surface area contributed by atoms with Gasteiger partial charge in [-0.3, -0.25) is 14.4 Å². The molecule has 0 saturated heterocycles. The van der Waals surface area contributed by atoms with Crippen LogP contribution in [0.2, 0.25) is 0 Å². The van der Waals surface area contributed by atoms with E-state index in [1.165, 1.54) is 0 Å². The van der Waals surface area contributed by atoms with Gasteiger partial charge in [0.1, 0.15) is 0 Å². The Bertz CT molecular complexity index is 365. The van der Waals surface area contributed by atoms with Crippen molar-refractivity contribution >= 4 is 5.97 Å². The van der Waals surface area contributed by atoms with Crippen molar-refractivity contribution in [1.82, 2.24) is 14.7 Å². The van der Waals surface area contributed by atoms with Gasteiger partial charge >= 0.3 is 5.97 Å². The predicted octanol–water partition coefficient (Wildman–Crippen LogP) is 0.514. The number of ether oxygens (including phenoxy) is 1. The summed E-state index contributed by atoms with van der Waals surface area (Å²) in [4.78, 5) is 12.7. The van der Waals surface area contributed by atoms with E-state index in [-0.39, 0.29) is 12.6 Å². The second kappa shape index (κ2) is 6.36. The number of nitrogens with zero attached hydrogens (tertiary/aromatic N) is 3. The van der Waals surface area contributed by atoms with Gasteiger partial charge in [0.05, 0.1) is 19.3 Å². The van der Waals surface area contributed by atoms with Gasteiger partial charge in [-0.15, -0.1) is 0 Å². The number of carboxylic acids is 1. The Kier molecular flexibility index (Phi) is 5.11. The van der Waals surface area contributed by atoms with Gasteiger partial charge in [-0.2, -0.15) is 5.10 Å². The van der Waals surface area contributed by atoms with Crippen molar-refractivity contribution < 1.29 is 14.6 Å². The zero-order valence-electron chi connectivity index (χ0n) is 10.5. The van der Waals surface area contributed by atoms with Crippen molar-refractivity contribution in [2.75, 3.05) is 26.8 Å². The first-order chi connectivity index (χ1) is 8.04. The normalized spacial score (nSPS) is 12.9. The number of carboxylic acid groups (broad SMARTS) is 1. The van der Waals surface area contributed by atoms with Crippen LogP contribution in [-0.2, 0) is 16.6 Å². The van der Waals surface area contributed by atoms with Crippen LogP contribution in [0.4, 0.5) is 0 Å². The van der Waals surface area contributed by atoms with E-state index in [4.69, 9.17) is 9.84 Å². The van der Waals surface area contributed by atoms with Crippen LogP contribution in [0.25, 0.3) is 0 Å². The number of aromatic nitrogens is 2. The molecule has 6 heteroatoms. The lowest BCUT2D eigenvalue weighted by molar-refractivity contribution is -0.139. The Morgan fingerprint density at radius 2 is 2.41 bits per heavy atom. The first kappa shape index (κ1) is 13.7. The van der Waals surface area contributed by atoms with Crippen molar-refractivity contribution in [2.45, 2.75) is 13.0 Å². The molecule has 0 aliphatic heterocycles. The zero-order valence-corrected chi connectivity index (χ0v) is 10.5. The summed E-state index contributed by atoms with van der Waals surface area (Å²) in [5, 5.41) is 13.0. The highest BCUT2D eigenvalue weighted by Gasteiger charge is 2.19. The van der Waals surface area contributed by atoms with Crippen molar-refractivity contribution in [3.8, 4) is 0 Å². The average Bonchev–Trinajstić information content (AvgIpc) is 2.69. The van der Waals surface area contributed by atoms with Crippen LogP contribution in [-0.4, -0.2) is 52.6 Å². The third-order valence-electron chi connectivity index (χ3n) is 2.68. The molecule has 1 aromatic rings. The number of hydrogen-bond donors (Lipinski definition) is 1. The van der Waals surface area contributed by atoms with E-state index in [9.17, 15) is 4.79 Å². The molecule has 0 radical (unpaired) electrons. The van der Waals surface area contributed by atoms with Crippen molar-refractivity contribution in [1.29, 1.82) is 0 Å². The molecule has 0 bridgehead atoms. The lowest BCUT2D eigenvalue weighted by atomic mass is 10.1. The maximum absolute atomic E-state index is 10.8. The fraction of sp³-hybridized carbons (Fsp3) is 0.636. The molecule has 0 aliphatic rings. The molecule has 0 aliphatic carbocycles. The molecule has 17 heavy (non-hydrogen) atoms. The summed E-state index contributed by atoms with van der Waals surface area (Å²) in [5.41, 5.74) is 1.00. The van der Waals surface area contributed by atoms with E-state index < -0.39 is 5.97 Å². The molecular formula is C11H19N3O3. The smallest absolute Gasteiger partial charge is 0.317 e. The molecule has 0 spiro atoms. The quantitative estimate of drug-likeness (QED) is 0.753. The van der Waals surface area contributed by atoms with E-state index in [1.807, 2.05) is 25.1 Å². The summed E-state index contributed by atoms with van der Waals surface area (Å²) in [7, 11) is 3.45. The van der Waals surface area contributed by atoms with Crippen molar-refractivity contribution in [3.05, 3.63) is 18.0 Å². The van der Waals surface area contributed by atoms with Gasteiger partial charge < -0.3 is 9.84 Å². The molecule has 0 fully saturated rings. The number of aliphatic carboxylic acids is 1. The summed E-state index contributed by atoms with van der Waals surface area (Å²) < 4.78 is 6.70. The summed E-state index contributed by atoms with van der Waals surface area (Å²) in [6, 6.07) is 0.00921. The maximum atomic E-state index is 10.8. The molecule has 1 aromatic heterocycles. The van der Waals surface area contributed by atoms with Gasteiger partial charge in [0.2, 0.25) is 0 Å². The molecule has 6 nitrogen and oxygen atoms in total. The molecule has 0 amide bonds. The van der Waals surface area contributed by atoms with Crippen LogP contribution >= 0.6 is 0 Å². The molecule has 1 heterocycles. The van der Waals surface area contributed by atoms with E-state index in [2.05, 4.69) is 5.10 Å². The van der Waals surface area contributed by atoms with Gasteiger partial charge in [0.15, 0.2) is 0 Å². The summed E-state index contributed by atoms with van der Waals surface area (Å²) >= 11 is 0. The minimum absolute atomic E-state index is 0.000574. The van der Waals surface area contributed by atoms with Gasteiger partial charge in [-0.05, 0) is 6.92 Å². The summed E-state index contributed by atoms with van der Waals surface area (Å²) in [5.74, 6) is -0.836. The second-order valence-electron chi connectivity index (χ2n) is 3.98. The number of hydrogen-bond acceptors (Lipinski definition) is 4. The second-order valence-corrected chi connectivity index (χ2v) is 3.98. The SMILES string of the molecule is COCCN(CC(=O)O)C(C)c1cnn(C)c1. The predicted molar refractivity (Wildman–Crippen MR) is 62.7 cm³/mol. The fourth-order valence-corrected chi connectivity index (χ4v) is 1.66. The first-order valence-corrected chi connectivity index (χ1v) is 5.48. The maximum Gasteiger partial charge on any atom is 0.317 e. The highest BCUT2D eigenvalue weighted by atomic mass is 16.5. The van der Waals surface area contributed by atoms with Gasteiger partial charge in [-0.25, -0.2) is 0 Å². The average molecular weight is 241 g/mol. The molecule has 1 atom stereocenters. The highest BCUT2D eigenvalue weighted by Crippen LogP contribution is 2.18. The molecule has 1 unspecified atom stereocenters. The standard InChI is InChI=1S/C11H19N3O3/c1-9(10-6-12-13(2)7-10)14(4-5-17-3)8-11(15)16/h6-7,9H,4-5,8H2,1-3H3,(H,15,16). The topological polar surface area (TPSA) is 67.6 Å². The third kappa shape index (κ3) is 4.16. The molecule has 0 saturated carbocycles. The minimum Gasteiger partial charge on any atom is -0.480 e. The number of rotatable bonds is 7. The van der Waals surface area contributed by atoms with Crippen molar-refractivity contribution in [3.63, 3.8) is 0 Å². The Balaban J connectivity index is 2.70. The zero-order chi connectivity index (χ0) is 12.8. The van der Waals surface area contributed by atoms with Gasteiger partial charge in [-0.1, -0.05) is 0 Å². The Morgan fingerprint density at radius 3 is 2.88 bits per heavy atom. The van der Waals surface area contributed by atoms with Crippen LogP contribution in [0.3, 0.4) is 0 Å². The Labute approximate surface area is 101 Å². The number of aryl methyl sites for hydroxylation is 1. The number of methoxy groups -OCH3 is 1. The van der Waals surface area contributed by atoms with Crippen LogP contribution in [0, 0.1) is 0 Å². The molecular weight excluding hydrogens is 222 g/mol. The molecule has 96 valence electrons. The Hall–Kier alpha value is -1.40. The monoisotopic (exact) mass is 241 g/mol. The largest absolute Gasteiger partial charge is 0.480 e. The van der Waals surface area contributed by atoms with Crippen LogP contribution < -0.4 is 0 Å². The van der Waals surface area contributed by atoms with E-state index in [1.54, 1.807) is 18.0 Å². The molecule has 0 aromatic carbocycles. The first-order valence-electron chi connectivity index (χ1n) is 5.48.